The summed E-state index contributed by atoms with van der Waals surface area (Å²) < 4.78 is 5.61. The van der Waals surface area contributed by atoms with Crippen LogP contribution in [0.3, 0.4) is 0 Å². The van der Waals surface area contributed by atoms with Crippen molar-refractivity contribution in [1.29, 1.82) is 0 Å². The highest BCUT2D eigenvalue weighted by molar-refractivity contribution is 5.78. The van der Waals surface area contributed by atoms with Crippen molar-refractivity contribution in [2.24, 2.45) is 0 Å². The summed E-state index contributed by atoms with van der Waals surface area (Å²) in [6.45, 7) is 8.68. The average molecular weight is 311 g/mol. The van der Waals surface area contributed by atoms with Gasteiger partial charge in [0.1, 0.15) is 5.75 Å². The van der Waals surface area contributed by atoms with Gasteiger partial charge in [0.2, 0.25) is 5.91 Å². The molecule has 0 heterocycles. The van der Waals surface area contributed by atoms with Crippen molar-refractivity contribution < 1.29 is 9.53 Å². The van der Waals surface area contributed by atoms with E-state index in [1.54, 1.807) is 0 Å². The Morgan fingerprint density at radius 1 is 1.00 bits per heavy atom. The zero-order valence-corrected chi connectivity index (χ0v) is 14.3. The van der Waals surface area contributed by atoms with Gasteiger partial charge in [-0.3, -0.25) is 4.79 Å². The third-order valence-electron chi connectivity index (χ3n) is 3.72. The predicted molar refractivity (Wildman–Crippen MR) is 93.7 cm³/mol. The predicted octanol–water partition coefficient (Wildman–Crippen LogP) is 3.95. The molecule has 0 aliphatic carbocycles. The van der Waals surface area contributed by atoms with E-state index in [2.05, 4.69) is 31.3 Å². The smallest absolute Gasteiger partial charge is 0.224 e. The van der Waals surface area contributed by atoms with E-state index in [4.69, 9.17) is 4.74 Å². The fraction of sp³-hybridized carbons (Fsp3) is 0.350. The summed E-state index contributed by atoms with van der Waals surface area (Å²) in [5.74, 6) is 0.890. The van der Waals surface area contributed by atoms with Crippen molar-refractivity contribution in [1.82, 2.24) is 5.32 Å². The summed E-state index contributed by atoms with van der Waals surface area (Å²) in [4.78, 5) is 12.1. The first-order valence-corrected chi connectivity index (χ1v) is 8.02. The molecule has 0 unspecified atom stereocenters. The summed E-state index contributed by atoms with van der Waals surface area (Å²) in [7, 11) is 0. The van der Waals surface area contributed by atoms with Gasteiger partial charge < -0.3 is 10.1 Å². The molecule has 122 valence electrons. The van der Waals surface area contributed by atoms with Crippen LogP contribution < -0.4 is 10.1 Å². The van der Waals surface area contributed by atoms with Crippen LogP contribution in [0.1, 0.15) is 36.1 Å². The Balaban J connectivity index is 1.85. The number of amides is 1. The molecule has 0 aliphatic heterocycles. The zero-order valence-electron chi connectivity index (χ0n) is 14.3. The maximum absolute atomic E-state index is 12.1. The highest BCUT2D eigenvalue weighted by atomic mass is 16.5. The first-order chi connectivity index (χ1) is 10.9. The molecule has 0 fully saturated rings. The number of carbonyl (C=O) groups is 1. The van der Waals surface area contributed by atoms with Gasteiger partial charge in [-0.15, -0.1) is 0 Å². The third-order valence-corrected chi connectivity index (χ3v) is 3.72. The quantitative estimate of drug-likeness (QED) is 0.877. The molecule has 0 saturated heterocycles. The number of hydrogen-bond acceptors (Lipinski definition) is 2. The Kier molecular flexibility index (Phi) is 5.80. The van der Waals surface area contributed by atoms with Crippen LogP contribution in [-0.4, -0.2) is 12.0 Å². The number of hydrogen-bond donors (Lipinski definition) is 1. The summed E-state index contributed by atoms with van der Waals surface area (Å²) in [6.07, 6.45) is 0.578. The molecule has 23 heavy (non-hydrogen) atoms. The van der Waals surface area contributed by atoms with E-state index in [0.29, 0.717) is 13.0 Å². The van der Waals surface area contributed by atoms with E-state index in [1.807, 2.05) is 44.2 Å². The largest absolute Gasteiger partial charge is 0.491 e. The van der Waals surface area contributed by atoms with Gasteiger partial charge in [-0.25, -0.2) is 0 Å². The molecule has 0 spiro atoms. The second-order valence-corrected chi connectivity index (χ2v) is 6.18. The Bertz CT molecular complexity index is 660. The lowest BCUT2D eigenvalue weighted by Gasteiger charge is -2.11. The minimum absolute atomic E-state index is 0.0377. The maximum Gasteiger partial charge on any atom is 0.224 e. The SMILES string of the molecule is Cc1ccc(CC(=O)NCc2ccc(OC(C)C)cc2)cc1C. The van der Waals surface area contributed by atoms with Gasteiger partial charge in [-0.2, -0.15) is 0 Å². The molecule has 1 amide bonds. The third kappa shape index (κ3) is 5.44. The normalized spacial score (nSPS) is 10.7. The second-order valence-electron chi connectivity index (χ2n) is 6.18. The van der Waals surface area contributed by atoms with Gasteiger partial charge in [-0.05, 0) is 62.1 Å². The van der Waals surface area contributed by atoms with Crippen molar-refractivity contribution in [2.75, 3.05) is 0 Å². The lowest BCUT2D eigenvalue weighted by atomic mass is 10.0. The van der Waals surface area contributed by atoms with Gasteiger partial charge in [0.05, 0.1) is 12.5 Å². The van der Waals surface area contributed by atoms with Crippen LogP contribution in [0.4, 0.5) is 0 Å². The van der Waals surface area contributed by atoms with E-state index in [-0.39, 0.29) is 12.0 Å². The number of ether oxygens (including phenoxy) is 1. The van der Waals surface area contributed by atoms with Crippen molar-refractivity contribution in [3.8, 4) is 5.75 Å². The second kappa shape index (κ2) is 7.82. The monoisotopic (exact) mass is 311 g/mol. The summed E-state index contributed by atoms with van der Waals surface area (Å²) in [5.41, 5.74) is 4.58. The molecule has 3 nitrogen and oxygen atoms in total. The maximum atomic E-state index is 12.1. The number of aryl methyl sites for hydroxylation is 2. The van der Waals surface area contributed by atoms with Crippen LogP contribution in [-0.2, 0) is 17.8 Å². The highest BCUT2D eigenvalue weighted by Crippen LogP contribution is 2.14. The molecule has 0 atom stereocenters. The van der Waals surface area contributed by atoms with E-state index >= 15 is 0 Å². The summed E-state index contributed by atoms with van der Waals surface area (Å²) in [5, 5.41) is 2.96. The van der Waals surface area contributed by atoms with Crippen LogP contribution >= 0.6 is 0 Å². The van der Waals surface area contributed by atoms with Gasteiger partial charge in [0.25, 0.3) is 0 Å². The van der Waals surface area contributed by atoms with Gasteiger partial charge in [0, 0.05) is 6.54 Å². The first kappa shape index (κ1) is 17.1. The molecule has 0 aliphatic rings. The topological polar surface area (TPSA) is 38.3 Å². The molecule has 2 aromatic carbocycles. The Morgan fingerprint density at radius 3 is 2.26 bits per heavy atom. The fourth-order valence-corrected chi connectivity index (χ4v) is 2.32. The van der Waals surface area contributed by atoms with Crippen LogP contribution in [0.5, 0.6) is 5.75 Å². The highest BCUT2D eigenvalue weighted by Gasteiger charge is 2.05. The Morgan fingerprint density at radius 2 is 1.65 bits per heavy atom. The number of benzene rings is 2. The zero-order chi connectivity index (χ0) is 16.8. The number of rotatable bonds is 6. The molecule has 3 heteroatoms. The first-order valence-electron chi connectivity index (χ1n) is 8.02. The Hall–Kier alpha value is -2.29. The minimum Gasteiger partial charge on any atom is -0.491 e. The van der Waals surface area contributed by atoms with E-state index < -0.39 is 0 Å². The van der Waals surface area contributed by atoms with Crippen LogP contribution in [0.15, 0.2) is 42.5 Å². The molecule has 1 N–H and O–H groups in total. The molecular formula is C20H25NO2. The van der Waals surface area contributed by atoms with Crippen molar-refractivity contribution >= 4 is 5.91 Å². The minimum atomic E-state index is 0.0377. The summed E-state index contributed by atoms with van der Waals surface area (Å²) in [6, 6.07) is 14.0. The van der Waals surface area contributed by atoms with Gasteiger partial charge in [-0.1, -0.05) is 30.3 Å². The van der Waals surface area contributed by atoms with Crippen LogP contribution in [0, 0.1) is 13.8 Å². The molecular weight excluding hydrogens is 286 g/mol. The number of carbonyl (C=O) groups excluding carboxylic acids is 1. The van der Waals surface area contributed by atoms with Crippen LogP contribution in [0.25, 0.3) is 0 Å². The molecule has 0 bridgehead atoms. The van der Waals surface area contributed by atoms with Gasteiger partial charge in [0.15, 0.2) is 0 Å². The van der Waals surface area contributed by atoms with Gasteiger partial charge >= 0.3 is 0 Å². The average Bonchev–Trinajstić information content (AvgIpc) is 2.50. The molecule has 0 radical (unpaired) electrons. The molecule has 2 aromatic rings. The van der Waals surface area contributed by atoms with Crippen molar-refractivity contribution in [3.63, 3.8) is 0 Å². The van der Waals surface area contributed by atoms with E-state index in [0.717, 1.165) is 16.9 Å². The van der Waals surface area contributed by atoms with E-state index in [9.17, 15) is 4.79 Å². The molecule has 2 rings (SSSR count). The molecule has 0 saturated carbocycles. The molecule has 0 aromatic heterocycles. The standard InChI is InChI=1S/C20H25NO2/c1-14(2)23-19-9-7-17(8-10-19)13-21-20(22)12-18-6-5-15(3)16(4)11-18/h5-11,14H,12-13H2,1-4H3,(H,21,22). The fourth-order valence-electron chi connectivity index (χ4n) is 2.32. The number of nitrogens with one attached hydrogen (secondary N) is 1. The lowest BCUT2D eigenvalue weighted by Crippen LogP contribution is -2.24. The van der Waals surface area contributed by atoms with Crippen LogP contribution in [0.2, 0.25) is 0 Å². The lowest BCUT2D eigenvalue weighted by molar-refractivity contribution is -0.120. The Labute approximate surface area is 138 Å². The van der Waals surface area contributed by atoms with E-state index in [1.165, 1.54) is 11.1 Å². The van der Waals surface area contributed by atoms with Crippen molar-refractivity contribution in [3.05, 3.63) is 64.7 Å². The summed E-state index contributed by atoms with van der Waals surface area (Å²) >= 11 is 0. The van der Waals surface area contributed by atoms with Crippen molar-refractivity contribution in [2.45, 2.75) is 46.8 Å².